The highest BCUT2D eigenvalue weighted by Crippen LogP contribution is 2.30. The lowest BCUT2D eigenvalue weighted by Crippen LogP contribution is -2.21. The lowest BCUT2D eigenvalue weighted by molar-refractivity contribution is -0.385. The summed E-state index contributed by atoms with van der Waals surface area (Å²) in [5.41, 5.74) is 0.499. The van der Waals surface area contributed by atoms with E-state index in [1.54, 1.807) is 0 Å². The Hall–Kier alpha value is -3.14. The van der Waals surface area contributed by atoms with E-state index in [2.05, 4.69) is 9.50 Å². The van der Waals surface area contributed by atoms with Crippen LogP contribution in [0.15, 0.2) is 56.9 Å². The van der Waals surface area contributed by atoms with Crippen LogP contribution in [0.3, 0.4) is 0 Å². The first-order chi connectivity index (χ1) is 11.8. The molecule has 0 radical (unpaired) electrons. The summed E-state index contributed by atoms with van der Waals surface area (Å²) in [6.07, 6.45) is 1.41. The summed E-state index contributed by atoms with van der Waals surface area (Å²) in [7, 11) is -2.54. The first-order valence-electron chi connectivity index (χ1n) is 6.95. The Balaban J connectivity index is 1.94. The highest BCUT2D eigenvalue weighted by atomic mass is 32.2. The van der Waals surface area contributed by atoms with Crippen molar-refractivity contribution >= 4 is 27.8 Å². The first kappa shape index (κ1) is 16.7. The van der Waals surface area contributed by atoms with Crippen LogP contribution >= 0.6 is 0 Å². The fourth-order valence-electron chi connectivity index (χ4n) is 2.23. The normalized spacial score (nSPS) is 15.0. The molecule has 0 spiro atoms. The number of hydrogen-bond donors (Lipinski definition) is 0. The largest absolute Gasteiger partial charge is 0.285 e. The fourth-order valence-corrected chi connectivity index (χ4v) is 3.47. The molecule has 1 aliphatic rings. The Morgan fingerprint density at radius 2 is 1.92 bits per heavy atom. The van der Waals surface area contributed by atoms with Crippen molar-refractivity contribution in [1.29, 1.82) is 0 Å². The number of fused-ring (bicyclic) bond motifs is 1. The summed E-state index contributed by atoms with van der Waals surface area (Å²) in [6, 6.07) is 9.06. The molecule has 0 saturated heterocycles. The third-order valence-corrected chi connectivity index (χ3v) is 4.76. The number of hydrogen-bond acceptors (Lipinski definition) is 6. The van der Waals surface area contributed by atoms with Gasteiger partial charge in [0.25, 0.3) is 15.7 Å². The van der Waals surface area contributed by atoms with Gasteiger partial charge in [-0.05, 0) is 23.8 Å². The maximum atomic E-state index is 12.9. The molecule has 25 heavy (non-hydrogen) atoms. The van der Waals surface area contributed by atoms with E-state index in [1.165, 1.54) is 54.7 Å². The highest BCUT2D eigenvalue weighted by Gasteiger charge is 2.32. The lowest BCUT2D eigenvalue weighted by Gasteiger charge is -2.12. The summed E-state index contributed by atoms with van der Waals surface area (Å²) < 4.78 is 40.8. The van der Waals surface area contributed by atoms with Crippen LogP contribution in [0, 0.1) is 15.9 Å². The number of nitrogens with zero attached hydrogens (tertiary/aromatic N) is 4. The van der Waals surface area contributed by atoms with Crippen LogP contribution in [-0.2, 0) is 10.0 Å². The van der Waals surface area contributed by atoms with Gasteiger partial charge < -0.3 is 0 Å². The zero-order valence-corrected chi connectivity index (χ0v) is 13.6. The van der Waals surface area contributed by atoms with Crippen LogP contribution in [0.25, 0.3) is 0 Å². The van der Waals surface area contributed by atoms with Gasteiger partial charge in [-0.15, -0.1) is 4.40 Å². The number of nitro benzene ring substituents is 1. The Morgan fingerprint density at radius 1 is 1.24 bits per heavy atom. The Morgan fingerprint density at radius 3 is 2.56 bits per heavy atom. The van der Waals surface area contributed by atoms with E-state index < -0.39 is 14.9 Å². The third kappa shape index (κ3) is 3.24. The average Bonchev–Trinajstić information content (AvgIpc) is 2.85. The molecular weight excluding hydrogens is 351 g/mol. The number of rotatable bonds is 3. The summed E-state index contributed by atoms with van der Waals surface area (Å²) in [6.45, 7) is 0. The fraction of sp³-hybridized carbons (Fsp3) is 0.0667. The van der Waals surface area contributed by atoms with Gasteiger partial charge in [-0.1, -0.05) is 12.1 Å². The summed E-state index contributed by atoms with van der Waals surface area (Å²) in [5.74, 6) is -0.337. The molecule has 0 aromatic heterocycles. The van der Waals surface area contributed by atoms with Gasteiger partial charge in [-0.25, -0.2) is 9.40 Å². The number of halogens is 1. The Labute approximate surface area is 142 Å². The molecule has 0 atom stereocenters. The Kier molecular flexibility index (Phi) is 4.05. The summed E-state index contributed by atoms with van der Waals surface area (Å²) >= 11 is 0. The van der Waals surface area contributed by atoms with Crippen molar-refractivity contribution < 1.29 is 17.7 Å². The molecule has 0 amide bonds. The van der Waals surface area contributed by atoms with Gasteiger partial charge in [-0.3, -0.25) is 10.1 Å². The van der Waals surface area contributed by atoms with E-state index in [1.807, 2.05) is 0 Å². The van der Waals surface area contributed by atoms with Gasteiger partial charge in [-0.2, -0.15) is 13.5 Å². The van der Waals surface area contributed by atoms with Crippen molar-refractivity contribution in [2.45, 2.75) is 4.90 Å². The van der Waals surface area contributed by atoms with Crippen molar-refractivity contribution in [3.8, 4) is 0 Å². The minimum absolute atomic E-state index is 0.0447. The van der Waals surface area contributed by atoms with Gasteiger partial charge in [0.1, 0.15) is 10.7 Å². The SMILES string of the molecule is CN(/N=C\c1ccc(F)cc1)C1=NS(=O)(=O)c2cc([N+](=O)[O-])ccc21. The van der Waals surface area contributed by atoms with Crippen LogP contribution < -0.4 is 0 Å². The molecule has 0 aliphatic carbocycles. The van der Waals surface area contributed by atoms with Crippen molar-refractivity contribution in [1.82, 2.24) is 5.01 Å². The number of sulfonamides is 1. The van der Waals surface area contributed by atoms with Gasteiger partial charge in [0.15, 0.2) is 5.84 Å². The molecule has 3 rings (SSSR count). The number of benzene rings is 2. The molecule has 0 fully saturated rings. The average molecular weight is 362 g/mol. The topological polar surface area (TPSA) is 105 Å². The van der Waals surface area contributed by atoms with E-state index >= 15 is 0 Å². The molecule has 128 valence electrons. The molecule has 1 heterocycles. The van der Waals surface area contributed by atoms with Crippen LogP contribution in [-0.4, -0.2) is 37.4 Å². The second-order valence-corrected chi connectivity index (χ2v) is 6.72. The van der Waals surface area contributed by atoms with E-state index in [0.717, 1.165) is 6.07 Å². The predicted molar refractivity (Wildman–Crippen MR) is 88.6 cm³/mol. The van der Waals surface area contributed by atoms with E-state index in [4.69, 9.17) is 0 Å². The van der Waals surface area contributed by atoms with Gasteiger partial charge in [0.2, 0.25) is 0 Å². The molecule has 0 unspecified atom stereocenters. The van der Waals surface area contributed by atoms with Crippen molar-refractivity contribution in [3.63, 3.8) is 0 Å². The van der Waals surface area contributed by atoms with Crippen LogP contribution in [0.4, 0.5) is 10.1 Å². The summed E-state index contributed by atoms with van der Waals surface area (Å²) in [5, 5.41) is 16.1. The summed E-state index contributed by atoms with van der Waals surface area (Å²) in [4.78, 5) is 9.91. The monoisotopic (exact) mass is 362 g/mol. The van der Waals surface area contributed by atoms with E-state index in [0.29, 0.717) is 5.56 Å². The number of amidine groups is 1. The van der Waals surface area contributed by atoms with Crippen LogP contribution in [0.5, 0.6) is 0 Å². The van der Waals surface area contributed by atoms with Gasteiger partial charge in [0, 0.05) is 24.7 Å². The molecule has 0 bridgehead atoms. The maximum absolute atomic E-state index is 12.9. The molecule has 1 aliphatic heterocycles. The second-order valence-electron chi connectivity index (χ2n) is 5.15. The van der Waals surface area contributed by atoms with Gasteiger partial charge in [0.05, 0.1) is 11.1 Å². The highest BCUT2D eigenvalue weighted by molar-refractivity contribution is 7.90. The molecule has 0 saturated carbocycles. The third-order valence-electron chi connectivity index (χ3n) is 3.46. The zero-order chi connectivity index (χ0) is 18.2. The van der Waals surface area contributed by atoms with Gasteiger partial charge >= 0.3 is 0 Å². The van der Waals surface area contributed by atoms with Crippen LogP contribution in [0.1, 0.15) is 11.1 Å². The minimum Gasteiger partial charge on any atom is -0.258 e. The van der Waals surface area contributed by atoms with Crippen molar-refractivity contribution in [3.05, 3.63) is 69.5 Å². The zero-order valence-electron chi connectivity index (χ0n) is 12.8. The lowest BCUT2D eigenvalue weighted by atomic mass is 10.2. The number of hydrazone groups is 1. The smallest absolute Gasteiger partial charge is 0.258 e. The van der Waals surface area contributed by atoms with Crippen molar-refractivity contribution in [2.75, 3.05) is 7.05 Å². The molecule has 8 nitrogen and oxygen atoms in total. The predicted octanol–water partition coefficient (Wildman–Crippen LogP) is 2.15. The quantitative estimate of drug-likeness (QED) is 0.472. The molecule has 10 heteroatoms. The van der Waals surface area contributed by atoms with Crippen molar-refractivity contribution in [2.24, 2.45) is 9.50 Å². The Bertz CT molecular complexity index is 1020. The molecule has 2 aromatic rings. The van der Waals surface area contributed by atoms with E-state index in [-0.39, 0.29) is 27.8 Å². The minimum atomic E-state index is -4.03. The number of nitro groups is 1. The number of non-ortho nitro benzene ring substituents is 1. The molecular formula is C15H11FN4O4S. The van der Waals surface area contributed by atoms with Crippen LogP contribution in [0.2, 0.25) is 0 Å². The molecule has 0 N–H and O–H groups in total. The molecule has 2 aromatic carbocycles. The van der Waals surface area contributed by atoms with E-state index in [9.17, 15) is 22.9 Å². The standard InChI is InChI=1S/C15H11FN4O4S/c1-19(17-9-10-2-4-11(16)5-3-10)15-13-7-6-12(20(21)22)8-14(13)25(23,24)18-15/h2-9H,1H3/b17-9-. The maximum Gasteiger partial charge on any atom is 0.285 e. The second kappa shape index (κ2) is 6.06. The first-order valence-corrected chi connectivity index (χ1v) is 8.39.